The van der Waals surface area contributed by atoms with Gasteiger partial charge in [-0.25, -0.2) is 4.79 Å². The number of rotatable bonds is 5. The summed E-state index contributed by atoms with van der Waals surface area (Å²) < 4.78 is 0. The highest BCUT2D eigenvalue weighted by atomic mass is 35.5. The first-order valence-corrected chi connectivity index (χ1v) is 6.07. The van der Waals surface area contributed by atoms with E-state index in [1.807, 2.05) is 19.1 Å². The number of carboxylic acids is 1. The lowest BCUT2D eigenvalue weighted by Crippen LogP contribution is -2.04. The number of carbonyl (C=O) groups is 2. The summed E-state index contributed by atoms with van der Waals surface area (Å²) in [5.74, 6) is -1.19. The molecular formula is C14H15ClO3. The molecule has 0 aromatic heterocycles. The van der Waals surface area contributed by atoms with Crippen molar-refractivity contribution in [2.75, 3.05) is 0 Å². The van der Waals surface area contributed by atoms with Crippen LogP contribution in [-0.2, 0) is 16.0 Å². The molecule has 0 spiro atoms. The quantitative estimate of drug-likeness (QED) is 0.658. The number of hydrogen-bond acceptors (Lipinski definition) is 2. The minimum Gasteiger partial charge on any atom is -0.478 e. The molecule has 1 N–H and O–H groups in total. The number of hydrogen-bond donors (Lipinski definition) is 1. The van der Waals surface area contributed by atoms with Crippen LogP contribution in [0, 0.1) is 0 Å². The fourth-order valence-electron chi connectivity index (χ4n) is 1.60. The van der Waals surface area contributed by atoms with Gasteiger partial charge in [0.25, 0.3) is 0 Å². The number of carboxylic acid groups (broad SMARTS) is 1. The molecule has 0 aliphatic carbocycles. The molecule has 0 bridgehead atoms. The van der Waals surface area contributed by atoms with Crippen LogP contribution in [0.25, 0.3) is 6.08 Å². The first-order valence-electron chi connectivity index (χ1n) is 5.64. The standard InChI is InChI=1S/C14H15ClO3/c1-3-10-4-5-11(6-7-13(17)18)12(8-10)14(15)9(2)16/h4-8,14H,3H2,1-2H3,(H,17,18). The molecule has 0 heterocycles. The van der Waals surface area contributed by atoms with E-state index >= 15 is 0 Å². The number of carbonyl (C=O) groups excluding carboxylic acids is 1. The molecule has 1 aromatic carbocycles. The van der Waals surface area contributed by atoms with Gasteiger partial charge in [-0.15, -0.1) is 11.6 Å². The topological polar surface area (TPSA) is 54.4 Å². The van der Waals surface area contributed by atoms with Crippen LogP contribution in [0.2, 0.25) is 0 Å². The molecule has 0 fully saturated rings. The van der Waals surface area contributed by atoms with Crippen LogP contribution < -0.4 is 0 Å². The largest absolute Gasteiger partial charge is 0.478 e. The average molecular weight is 267 g/mol. The summed E-state index contributed by atoms with van der Waals surface area (Å²) in [5.41, 5.74) is 2.37. The molecule has 0 radical (unpaired) electrons. The van der Waals surface area contributed by atoms with Crippen molar-refractivity contribution in [3.05, 3.63) is 41.0 Å². The lowest BCUT2D eigenvalue weighted by atomic mass is 9.98. The molecule has 0 aliphatic heterocycles. The van der Waals surface area contributed by atoms with Crippen molar-refractivity contribution in [2.24, 2.45) is 0 Å². The Morgan fingerprint density at radius 2 is 2.11 bits per heavy atom. The molecule has 1 aromatic rings. The lowest BCUT2D eigenvalue weighted by molar-refractivity contribution is -0.131. The first-order chi connectivity index (χ1) is 8.45. The smallest absolute Gasteiger partial charge is 0.328 e. The maximum Gasteiger partial charge on any atom is 0.328 e. The molecule has 0 saturated heterocycles. The third-order valence-electron chi connectivity index (χ3n) is 2.59. The summed E-state index contributed by atoms with van der Waals surface area (Å²) in [6.45, 7) is 3.42. The lowest BCUT2D eigenvalue weighted by Gasteiger charge is -2.11. The third-order valence-corrected chi connectivity index (χ3v) is 3.14. The minimum atomic E-state index is -1.03. The van der Waals surface area contributed by atoms with Gasteiger partial charge in [0.2, 0.25) is 0 Å². The highest BCUT2D eigenvalue weighted by Gasteiger charge is 2.16. The summed E-state index contributed by atoms with van der Waals surface area (Å²) in [6.07, 6.45) is 3.32. The van der Waals surface area contributed by atoms with Crippen molar-refractivity contribution in [1.82, 2.24) is 0 Å². The number of aryl methyl sites for hydroxylation is 1. The van der Waals surface area contributed by atoms with Gasteiger partial charge in [-0.3, -0.25) is 4.79 Å². The Morgan fingerprint density at radius 1 is 1.44 bits per heavy atom. The Kier molecular flexibility index (Phi) is 5.10. The number of Topliss-reactive ketones (excluding diaryl/α,β-unsaturated/α-hetero) is 1. The number of halogens is 1. The van der Waals surface area contributed by atoms with E-state index in [0.717, 1.165) is 18.1 Å². The summed E-state index contributed by atoms with van der Waals surface area (Å²) in [5, 5.41) is 7.88. The van der Waals surface area contributed by atoms with Crippen LogP contribution in [0.15, 0.2) is 24.3 Å². The summed E-state index contributed by atoms with van der Waals surface area (Å²) in [7, 11) is 0. The van der Waals surface area contributed by atoms with E-state index in [1.54, 1.807) is 6.07 Å². The molecule has 4 heteroatoms. The van der Waals surface area contributed by atoms with Crippen LogP contribution >= 0.6 is 11.6 Å². The zero-order chi connectivity index (χ0) is 13.7. The van der Waals surface area contributed by atoms with Crippen molar-refractivity contribution in [1.29, 1.82) is 0 Å². The fraction of sp³-hybridized carbons (Fsp3) is 0.286. The van der Waals surface area contributed by atoms with E-state index in [0.29, 0.717) is 11.1 Å². The second-order valence-electron chi connectivity index (χ2n) is 3.96. The number of aliphatic carboxylic acids is 1. The Balaban J connectivity index is 3.24. The van der Waals surface area contributed by atoms with Crippen molar-refractivity contribution in [3.8, 4) is 0 Å². The number of benzene rings is 1. The molecular weight excluding hydrogens is 252 g/mol. The second kappa shape index (κ2) is 6.36. The predicted molar refractivity (Wildman–Crippen MR) is 71.8 cm³/mol. The minimum absolute atomic E-state index is 0.158. The molecule has 0 aliphatic rings. The average Bonchev–Trinajstić information content (AvgIpc) is 2.35. The summed E-state index contributed by atoms with van der Waals surface area (Å²) in [4.78, 5) is 21.9. The molecule has 3 nitrogen and oxygen atoms in total. The predicted octanol–water partition coefficient (Wildman–Crippen LogP) is 3.22. The van der Waals surface area contributed by atoms with Crippen LogP contribution in [0.3, 0.4) is 0 Å². The van der Waals surface area contributed by atoms with E-state index in [9.17, 15) is 9.59 Å². The van der Waals surface area contributed by atoms with Crippen LogP contribution in [0.1, 0.15) is 35.9 Å². The maximum absolute atomic E-state index is 11.4. The number of alkyl halides is 1. The van der Waals surface area contributed by atoms with Gasteiger partial charge in [0.15, 0.2) is 5.78 Å². The van der Waals surface area contributed by atoms with Crippen LogP contribution in [0.5, 0.6) is 0 Å². The van der Waals surface area contributed by atoms with E-state index in [1.165, 1.54) is 13.0 Å². The van der Waals surface area contributed by atoms with E-state index in [-0.39, 0.29) is 5.78 Å². The molecule has 1 atom stereocenters. The monoisotopic (exact) mass is 266 g/mol. The van der Waals surface area contributed by atoms with Gasteiger partial charge in [0, 0.05) is 6.08 Å². The second-order valence-corrected chi connectivity index (χ2v) is 4.40. The van der Waals surface area contributed by atoms with Gasteiger partial charge >= 0.3 is 5.97 Å². The van der Waals surface area contributed by atoms with Crippen molar-refractivity contribution < 1.29 is 14.7 Å². The number of ketones is 1. The van der Waals surface area contributed by atoms with Crippen molar-refractivity contribution in [2.45, 2.75) is 25.6 Å². The van der Waals surface area contributed by atoms with Gasteiger partial charge in [0.05, 0.1) is 0 Å². The zero-order valence-electron chi connectivity index (χ0n) is 10.3. The Bertz CT molecular complexity index is 492. The Hall–Kier alpha value is -1.61. The van der Waals surface area contributed by atoms with Crippen LogP contribution in [0.4, 0.5) is 0 Å². The zero-order valence-corrected chi connectivity index (χ0v) is 11.1. The van der Waals surface area contributed by atoms with Crippen LogP contribution in [-0.4, -0.2) is 16.9 Å². The van der Waals surface area contributed by atoms with E-state index < -0.39 is 11.3 Å². The van der Waals surface area contributed by atoms with Gasteiger partial charge in [-0.1, -0.05) is 25.1 Å². The van der Waals surface area contributed by atoms with Gasteiger partial charge < -0.3 is 5.11 Å². The third kappa shape index (κ3) is 3.70. The molecule has 1 unspecified atom stereocenters. The Morgan fingerprint density at radius 3 is 2.61 bits per heavy atom. The first kappa shape index (κ1) is 14.5. The summed E-state index contributed by atoms with van der Waals surface area (Å²) in [6, 6.07) is 5.53. The van der Waals surface area contributed by atoms with Gasteiger partial charge in [-0.2, -0.15) is 0 Å². The van der Waals surface area contributed by atoms with Crippen molar-refractivity contribution >= 4 is 29.4 Å². The van der Waals surface area contributed by atoms with E-state index in [2.05, 4.69) is 0 Å². The highest BCUT2D eigenvalue weighted by Crippen LogP contribution is 2.27. The van der Waals surface area contributed by atoms with Crippen molar-refractivity contribution in [3.63, 3.8) is 0 Å². The maximum atomic E-state index is 11.4. The SMILES string of the molecule is CCc1ccc(C=CC(=O)O)c(C(Cl)C(C)=O)c1. The molecule has 0 amide bonds. The molecule has 1 rings (SSSR count). The summed E-state index contributed by atoms with van der Waals surface area (Å²) >= 11 is 6.06. The highest BCUT2D eigenvalue weighted by molar-refractivity contribution is 6.31. The normalized spacial score (nSPS) is 12.6. The fourth-order valence-corrected chi connectivity index (χ4v) is 1.78. The van der Waals surface area contributed by atoms with E-state index in [4.69, 9.17) is 16.7 Å². The van der Waals surface area contributed by atoms with Gasteiger partial charge in [0.1, 0.15) is 5.38 Å². The molecule has 96 valence electrons. The van der Waals surface area contributed by atoms with Gasteiger partial charge in [-0.05, 0) is 36.1 Å². The molecule has 0 saturated carbocycles. The molecule has 18 heavy (non-hydrogen) atoms. The Labute approximate surface area is 111 Å².